The van der Waals surface area contributed by atoms with Gasteiger partial charge in [-0.2, -0.15) is 0 Å². The Morgan fingerprint density at radius 1 is 1.50 bits per heavy atom. The van der Waals surface area contributed by atoms with E-state index < -0.39 is 0 Å². The lowest BCUT2D eigenvalue weighted by Gasteiger charge is -2.16. The number of rotatable bonds is 3. The molecule has 1 aliphatic rings. The summed E-state index contributed by atoms with van der Waals surface area (Å²) in [7, 11) is 0. The highest BCUT2D eigenvalue weighted by Gasteiger charge is 2.26. The minimum Gasteiger partial charge on any atom is -0.356 e. The van der Waals surface area contributed by atoms with Crippen LogP contribution in [0.5, 0.6) is 0 Å². The van der Waals surface area contributed by atoms with Crippen LogP contribution in [0, 0.1) is 11.8 Å². The number of alkyl halides is 1. The highest BCUT2D eigenvalue weighted by molar-refractivity contribution is 6.18. The molecular formula is C9H16ClNO. The van der Waals surface area contributed by atoms with Crippen molar-refractivity contribution in [2.45, 2.75) is 26.2 Å². The summed E-state index contributed by atoms with van der Waals surface area (Å²) in [6, 6.07) is 0. The Kier molecular flexibility index (Phi) is 3.86. The van der Waals surface area contributed by atoms with Gasteiger partial charge in [0.05, 0.1) is 0 Å². The van der Waals surface area contributed by atoms with Gasteiger partial charge in [0, 0.05) is 19.3 Å². The van der Waals surface area contributed by atoms with Crippen LogP contribution < -0.4 is 5.32 Å². The van der Waals surface area contributed by atoms with Crippen molar-refractivity contribution in [3.05, 3.63) is 0 Å². The first-order valence-electron chi connectivity index (χ1n) is 4.54. The number of hydrogen-bond donors (Lipinski definition) is 1. The molecule has 1 N–H and O–H groups in total. The number of amides is 1. The molecule has 0 spiro atoms. The van der Waals surface area contributed by atoms with E-state index >= 15 is 0 Å². The molecule has 1 fully saturated rings. The lowest BCUT2D eigenvalue weighted by atomic mass is 9.98. The smallest absolute Gasteiger partial charge is 0.216 e. The molecule has 0 bridgehead atoms. The summed E-state index contributed by atoms with van der Waals surface area (Å²) >= 11 is 5.81. The van der Waals surface area contributed by atoms with Crippen LogP contribution in [0.3, 0.4) is 0 Å². The first kappa shape index (κ1) is 9.85. The second kappa shape index (κ2) is 4.70. The summed E-state index contributed by atoms with van der Waals surface area (Å²) in [6.07, 6.45) is 3.72. The number of nitrogens with one attached hydrogen (secondary N) is 1. The van der Waals surface area contributed by atoms with Crippen LogP contribution in [0.4, 0.5) is 0 Å². The van der Waals surface area contributed by atoms with Gasteiger partial charge in [-0.15, -0.1) is 11.6 Å². The summed E-state index contributed by atoms with van der Waals surface area (Å²) in [5.74, 6) is 2.05. The second-order valence-corrected chi connectivity index (χ2v) is 3.85. The molecule has 1 amide bonds. The lowest BCUT2D eigenvalue weighted by Crippen LogP contribution is -2.29. The van der Waals surface area contributed by atoms with Gasteiger partial charge in [-0.3, -0.25) is 4.79 Å². The third kappa shape index (κ3) is 2.67. The fourth-order valence-electron chi connectivity index (χ4n) is 1.86. The quantitative estimate of drug-likeness (QED) is 0.674. The van der Waals surface area contributed by atoms with Gasteiger partial charge in [-0.1, -0.05) is 6.42 Å². The van der Waals surface area contributed by atoms with Gasteiger partial charge in [0.2, 0.25) is 5.91 Å². The van der Waals surface area contributed by atoms with Gasteiger partial charge in [0.1, 0.15) is 0 Å². The molecule has 0 saturated heterocycles. The Morgan fingerprint density at radius 2 is 2.17 bits per heavy atom. The summed E-state index contributed by atoms with van der Waals surface area (Å²) in [6.45, 7) is 2.37. The van der Waals surface area contributed by atoms with Crippen molar-refractivity contribution in [3.8, 4) is 0 Å². The third-order valence-electron chi connectivity index (χ3n) is 2.63. The first-order chi connectivity index (χ1) is 5.74. The number of halogens is 1. The van der Waals surface area contributed by atoms with Gasteiger partial charge >= 0.3 is 0 Å². The molecule has 1 saturated carbocycles. The second-order valence-electron chi connectivity index (χ2n) is 3.54. The predicted octanol–water partition coefficient (Wildman–Crippen LogP) is 1.78. The summed E-state index contributed by atoms with van der Waals surface area (Å²) in [5.41, 5.74) is 0. The molecule has 0 heterocycles. The van der Waals surface area contributed by atoms with Gasteiger partial charge < -0.3 is 5.32 Å². The van der Waals surface area contributed by atoms with E-state index in [-0.39, 0.29) is 5.91 Å². The number of carbonyl (C=O) groups excluding carboxylic acids is 1. The van der Waals surface area contributed by atoms with Crippen LogP contribution in [-0.2, 0) is 4.79 Å². The maximum absolute atomic E-state index is 10.7. The minimum absolute atomic E-state index is 0.0650. The Labute approximate surface area is 78.7 Å². The third-order valence-corrected chi connectivity index (χ3v) is 3.02. The Bertz CT molecular complexity index is 161. The maximum Gasteiger partial charge on any atom is 0.216 e. The van der Waals surface area contributed by atoms with Gasteiger partial charge in [0.15, 0.2) is 0 Å². The largest absolute Gasteiger partial charge is 0.356 e. The molecule has 1 rings (SSSR count). The fourth-order valence-corrected chi connectivity index (χ4v) is 2.27. The molecule has 1 aliphatic carbocycles. The number of carbonyl (C=O) groups is 1. The van der Waals surface area contributed by atoms with E-state index in [9.17, 15) is 4.79 Å². The standard InChI is InChI=1S/C9H16ClNO/c1-7(12)11-6-9-4-2-3-8(9)5-10/h8-9H,2-6H2,1H3,(H,11,12). The average molecular weight is 190 g/mol. The maximum atomic E-state index is 10.7. The molecule has 12 heavy (non-hydrogen) atoms. The van der Waals surface area contributed by atoms with Crippen LogP contribution in [0.2, 0.25) is 0 Å². The van der Waals surface area contributed by atoms with E-state index in [2.05, 4.69) is 5.32 Å². The van der Waals surface area contributed by atoms with E-state index in [1.54, 1.807) is 6.92 Å². The molecule has 0 aliphatic heterocycles. The fraction of sp³-hybridized carbons (Fsp3) is 0.889. The average Bonchev–Trinajstić information content (AvgIpc) is 2.47. The topological polar surface area (TPSA) is 29.1 Å². The van der Waals surface area contributed by atoms with Gasteiger partial charge in [-0.05, 0) is 24.7 Å². The molecule has 0 aromatic heterocycles. The molecule has 2 atom stereocenters. The monoisotopic (exact) mass is 189 g/mol. The van der Waals surface area contributed by atoms with Crippen LogP contribution >= 0.6 is 11.6 Å². The van der Waals surface area contributed by atoms with E-state index in [4.69, 9.17) is 11.6 Å². The van der Waals surface area contributed by atoms with Crippen molar-refractivity contribution >= 4 is 17.5 Å². The Balaban J connectivity index is 2.26. The zero-order valence-corrected chi connectivity index (χ0v) is 8.23. The van der Waals surface area contributed by atoms with E-state index in [0.29, 0.717) is 11.8 Å². The van der Waals surface area contributed by atoms with Gasteiger partial charge in [-0.25, -0.2) is 0 Å². The normalized spacial score (nSPS) is 28.8. The van der Waals surface area contributed by atoms with E-state index in [1.807, 2.05) is 0 Å². The van der Waals surface area contributed by atoms with Crippen molar-refractivity contribution in [1.82, 2.24) is 5.32 Å². The van der Waals surface area contributed by atoms with Crippen LogP contribution in [0.15, 0.2) is 0 Å². The molecule has 0 aromatic rings. The Hall–Kier alpha value is -0.240. The van der Waals surface area contributed by atoms with Crippen LogP contribution in [-0.4, -0.2) is 18.3 Å². The van der Waals surface area contributed by atoms with Crippen molar-refractivity contribution in [2.24, 2.45) is 11.8 Å². The van der Waals surface area contributed by atoms with Crippen LogP contribution in [0.1, 0.15) is 26.2 Å². The summed E-state index contributed by atoms with van der Waals surface area (Å²) in [5, 5.41) is 2.85. The minimum atomic E-state index is 0.0650. The highest BCUT2D eigenvalue weighted by Crippen LogP contribution is 2.31. The molecule has 0 aromatic carbocycles. The Morgan fingerprint density at radius 3 is 2.75 bits per heavy atom. The van der Waals surface area contributed by atoms with E-state index in [0.717, 1.165) is 12.4 Å². The summed E-state index contributed by atoms with van der Waals surface area (Å²) in [4.78, 5) is 10.7. The van der Waals surface area contributed by atoms with Gasteiger partial charge in [0.25, 0.3) is 0 Å². The van der Waals surface area contributed by atoms with E-state index in [1.165, 1.54) is 19.3 Å². The number of hydrogen-bond acceptors (Lipinski definition) is 1. The highest BCUT2D eigenvalue weighted by atomic mass is 35.5. The molecule has 2 nitrogen and oxygen atoms in total. The zero-order valence-electron chi connectivity index (χ0n) is 7.48. The zero-order chi connectivity index (χ0) is 8.97. The molecule has 3 heteroatoms. The SMILES string of the molecule is CC(=O)NCC1CCCC1CCl. The molecule has 70 valence electrons. The molecular weight excluding hydrogens is 174 g/mol. The molecule has 0 radical (unpaired) electrons. The molecule has 2 unspecified atom stereocenters. The lowest BCUT2D eigenvalue weighted by molar-refractivity contribution is -0.119. The van der Waals surface area contributed by atoms with Crippen molar-refractivity contribution in [1.29, 1.82) is 0 Å². The van der Waals surface area contributed by atoms with Crippen molar-refractivity contribution in [3.63, 3.8) is 0 Å². The van der Waals surface area contributed by atoms with Crippen molar-refractivity contribution < 1.29 is 4.79 Å². The van der Waals surface area contributed by atoms with Crippen LogP contribution in [0.25, 0.3) is 0 Å². The summed E-state index contributed by atoms with van der Waals surface area (Å²) < 4.78 is 0. The van der Waals surface area contributed by atoms with Crippen molar-refractivity contribution in [2.75, 3.05) is 12.4 Å². The first-order valence-corrected chi connectivity index (χ1v) is 5.08. The predicted molar refractivity (Wildman–Crippen MR) is 50.2 cm³/mol.